The van der Waals surface area contributed by atoms with Crippen LogP contribution in [-0.2, 0) is 9.53 Å². The largest absolute Gasteiger partial charge is 0.436 e. The van der Waals surface area contributed by atoms with Gasteiger partial charge in [0.15, 0.2) is 0 Å². The summed E-state index contributed by atoms with van der Waals surface area (Å²) in [5, 5.41) is 8.92. The van der Waals surface area contributed by atoms with Crippen molar-refractivity contribution in [3.63, 3.8) is 0 Å². The summed E-state index contributed by atoms with van der Waals surface area (Å²) in [6.45, 7) is 1.30. The van der Waals surface area contributed by atoms with Crippen molar-refractivity contribution < 1.29 is 14.6 Å². The van der Waals surface area contributed by atoms with Gasteiger partial charge in [0.05, 0.1) is 0 Å². The molecule has 1 aliphatic rings. The minimum absolute atomic E-state index is 0.217. The van der Waals surface area contributed by atoms with Crippen LogP contribution in [0.25, 0.3) is 0 Å². The zero-order valence-electron chi connectivity index (χ0n) is 5.33. The number of hydrogen-bond acceptors (Lipinski definition) is 3. The second kappa shape index (κ2) is 2.35. The van der Waals surface area contributed by atoms with Crippen LogP contribution in [0.2, 0.25) is 0 Å². The first kappa shape index (κ1) is 6.55. The van der Waals surface area contributed by atoms with Crippen LogP contribution in [0.1, 0.15) is 19.8 Å². The molecule has 9 heavy (non-hydrogen) atoms. The van der Waals surface area contributed by atoms with E-state index in [-0.39, 0.29) is 5.92 Å². The summed E-state index contributed by atoms with van der Waals surface area (Å²) in [5.41, 5.74) is 0. The summed E-state index contributed by atoms with van der Waals surface area (Å²) in [5.74, 6) is -0.191. The molecule has 52 valence electrons. The molecule has 0 aromatic rings. The van der Waals surface area contributed by atoms with Crippen molar-refractivity contribution in [1.29, 1.82) is 0 Å². The number of aliphatic hydroxyl groups excluding tert-OH is 1. The first-order valence-corrected chi connectivity index (χ1v) is 3.05. The Morgan fingerprint density at radius 3 is 2.67 bits per heavy atom. The summed E-state index contributed by atoms with van der Waals surface area (Å²) >= 11 is 0. The molecule has 0 bridgehead atoms. The number of rotatable bonds is 2. The molecular weight excluding hydrogens is 120 g/mol. The average Bonchev–Trinajstić information content (AvgIpc) is 2.40. The molecule has 1 N–H and O–H groups in total. The summed E-state index contributed by atoms with van der Waals surface area (Å²) in [7, 11) is 0. The third kappa shape index (κ3) is 2.01. The highest BCUT2D eigenvalue weighted by atomic mass is 16.6. The maximum absolute atomic E-state index is 10.2. The molecule has 3 nitrogen and oxygen atoms in total. The van der Waals surface area contributed by atoms with Gasteiger partial charge in [-0.05, 0) is 12.8 Å². The highest BCUT2D eigenvalue weighted by Crippen LogP contribution is 2.32. The minimum Gasteiger partial charge on any atom is -0.436 e. The van der Waals surface area contributed by atoms with Gasteiger partial charge in [0.25, 0.3) is 0 Å². The summed E-state index contributed by atoms with van der Waals surface area (Å²) in [6.07, 6.45) is 1.12. The van der Waals surface area contributed by atoms with Gasteiger partial charge >= 0.3 is 5.97 Å². The predicted molar refractivity (Wildman–Crippen MR) is 30.5 cm³/mol. The summed E-state index contributed by atoms with van der Waals surface area (Å²) in [6, 6.07) is 0. The van der Waals surface area contributed by atoms with Gasteiger partial charge in [0.1, 0.15) is 0 Å². The molecule has 0 saturated heterocycles. The Kier molecular flexibility index (Phi) is 1.71. The van der Waals surface area contributed by atoms with E-state index in [1.165, 1.54) is 6.92 Å². The lowest BCUT2D eigenvalue weighted by molar-refractivity contribution is -0.168. The minimum atomic E-state index is -0.845. The van der Waals surface area contributed by atoms with E-state index in [1.54, 1.807) is 0 Å². The Labute approximate surface area is 53.6 Å². The Morgan fingerprint density at radius 2 is 2.33 bits per heavy atom. The summed E-state index contributed by atoms with van der Waals surface area (Å²) < 4.78 is 4.49. The standard InChI is InChI=1S/C6H10O3/c1-4(7)9-6(8)5-2-3-5/h5-6,8H,2-3H2,1H3. The molecule has 1 rings (SSSR count). The van der Waals surface area contributed by atoms with Gasteiger partial charge < -0.3 is 9.84 Å². The highest BCUT2D eigenvalue weighted by molar-refractivity contribution is 5.66. The van der Waals surface area contributed by atoms with E-state index in [1.807, 2.05) is 0 Å². The number of hydrogen-bond donors (Lipinski definition) is 1. The molecule has 1 unspecified atom stereocenters. The highest BCUT2D eigenvalue weighted by Gasteiger charge is 2.31. The molecule has 0 amide bonds. The van der Waals surface area contributed by atoms with Gasteiger partial charge in [-0.3, -0.25) is 4.79 Å². The van der Waals surface area contributed by atoms with Crippen molar-refractivity contribution in [3.05, 3.63) is 0 Å². The zero-order chi connectivity index (χ0) is 6.85. The molecule has 0 aliphatic heterocycles. The fraction of sp³-hybridized carbons (Fsp3) is 0.833. The van der Waals surface area contributed by atoms with Crippen LogP contribution in [0.3, 0.4) is 0 Å². The monoisotopic (exact) mass is 130 g/mol. The fourth-order valence-corrected chi connectivity index (χ4v) is 0.648. The number of ether oxygens (including phenoxy) is 1. The van der Waals surface area contributed by atoms with Crippen molar-refractivity contribution in [2.75, 3.05) is 0 Å². The normalized spacial score (nSPS) is 21.1. The van der Waals surface area contributed by atoms with Gasteiger partial charge in [-0.2, -0.15) is 0 Å². The van der Waals surface area contributed by atoms with Gasteiger partial charge in [-0.1, -0.05) is 0 Å². The number of esters is 1. The van der Waals surface area contributed by atoms with Crippen LogP contribution in [0.4, 0.5) is 0 Å². The summed E-state index contributed by atoms with van der Waals surface area (Å²) in [4.78, 5) is 10.2. The third-order valence-electron chi connectivity index (χ3n) is 1.31. The van der Waals surface area contributed by atoms with E-state index in [2.05, 4.69) is 4.74 Å². The molecule has 3 heteroatoms. The van der Waals surface area contributed by atoms with Crippen molar-refractivity contribution in [2.24, 2.45) is 5.92 Å². The number of carbonyl (C=O) groups excluding carboxylic acids is 1. The van der Waals surface area contributed by atoms with Crippen molar-refractivity contribution >= 4 is 5.97 Å². The van der Waals surface area contributed by atoms with E-state index in [0.717, 1.165) is 12.8 Å². The molecule has 1 atom stereocenters. The molecular formula is C6H10O3. The predicted octanol–water partition coefficient (Wildman–Crippen LogP) is 0.278. The lowest BCUT2D eigenvalue weighted by Gasteiger charge is -2.07. The van der Waals surface area contributed by atoms with Gasteiger partial charge in [0, 0.05) is 12.8 Å². The van der Waals surface area contributed by atoms with Crippen molar-refractivity contribution in [1.82, 2.24) is 0 Å². The van der Waals surface area contributed by atoms with Crippen LogP contribution in [-0.4, -0.2) is 17.4 Å². The van der Waals surface area contributed by atoms with Crippen LogP contribution < -0.4 is 0 Å². The number of carbonyl (C=O) groups is 1. The van der Waals surface area contributed by atoms with Crippen LogP contribution in [0.15, 0.2) is 0 Å². The maximum Gasteiger partial charge on any atom is 0.304 e. The zero-order valence-corrected chi connectivity index (χ0v) is 5.33. The lowest BCUT2D eigenvalue weighted by Crippen LogP contribution is -2.17. The second-order valence-corrected chi connectivity index (χ2v) is 2.34. The van der Waals surface area contributed by atoms with Crippen molar-refractivity contribution in [2.45, 2.75) is 26.1 Å². The van der Waals surface area contributed by atoms with E-state index >= 15 is 0 Å². The molecule has 0 aromatic heterocycles. The van der Waals surface area contributed by atoms with Crippen LogP contribution >= 0.6 is 0 Å². The smallest absolute Gasteiger partial charge is 0.304 e. The average molecular weight is 130 g/mol. The molecule has 0 radical (unpaired) electrons. The topological polar surface area (TPSA) is 46.5 Å². The van der Waals surface area contributed by atoms with E-state index in [9.17, 15) is 4.79 Å². The first-order valence-electron chi connectivity index (χ1n) is 3.05. The molecule has 1 aliphatic carbocycles. The first-order chi connectivity index (χ1) is 4.20. The fourth-order valence-electron chi connectivity index (χ4n) is 0.648. The Balaban J connectivity index is 2.17. The maximum atomic E-state index is 10.2. The van der Waals surface area contributed by atoms with E-state index in [4.69, 9.17) is 5.11 Å². The third-order valence-corrected chi connectivity index (χ3v) is 1.31. The number of aliphatic hydroxyl groups is 1. The Hall–Kier alpha value is -0.570. The molecule has 0 spiro atoms. The Morgan fingerprint density at radius 1 is 1.78 bits per heavy atom. The molecule has 0 heterocycles. The van der Waals surface area contributed by atoms with E-state index in [0.29, 0.717) is 0 Å². The molecule has 1 saturated carbocycles. The molecule has 0 aromatic carbocycles. The van der Waals surface area contributed by atoms with Crippen molar-refractivity contribution in [3.8, 4) is 0 Å². The quantitative estimate of drug-likeness (QED) is 0.431. The van der Waals surface area contributed by atoms with Gasteiger partial charge in [0.2, 0.25) is 6.29 Å². The Bertz CT molecular complexity index is 117. The van der Waals surface area contributed by atoms with Gasteiger partial charge in [-0.25, -0.2) is 0 Å². The molecule has 1 fully saturated rings. The second-order valence-electron chi connectivity index (χ2n) is 2.34. The SMILES string of the molecule is CC(=O)OC(O)C1CC1. The van der Waals surface area contributed by atoms with E-state index < -0.39 is 12.3 Å². The van der Waals surface area contributed by atoms with Crippen LogP contribution in [0.5, 0.6) is 0 Å². The van der Waals surface area contributed by atoms with Crippen LogP contribution in [0, 0.1) is 5.92 Å². The lowest BCUT2D eigenvalue weighted by atomic mass is 10.4. The van der Waals surface area contributed by atoms with Gasteiger partial charge in [-0.15, -0.1) is 0 Å².